The molecule has 9 heteroatoms. The normalized spacial score (nSPS) is 15.7. The Balaban J connectivity index is 3.42. The van der Waals surface area contributed by atoms with Crippen LogP contribution in [-0.4, -0.2) is 32.0 Å². The molecule has 0 aromatic rings. The minimum Gasteiger partial charge on any atom is -0.370 e. The number of hydrogen-bond donors (Lipinski definition) is 4. The number of rotatable bonds is 18. The summed E-state index contributed by atoms with van der Waals surface area (Å²) in [5.74, 6) is 0. The molecule has 0 aliphatic carbocycles. The first-order valence-electron chi connectivity index (χ1n) is 9.92. The summed E-state index contributed by atoms with van der Waals surface area (Å²) in [6.07, 6.45) is 16.5. The molecular formula is C17H38O7P2. The van der Waals surface area contributed by atoms with E-state index in [1.807, 2.05) is 0 Å². The molecule has 2 atom stereocenters. The van der Waals surface area contributed by atoms with E-state index in [0.29, 0.717) is 6.42 Å². The lowest BCUT2D eigenvalue weighted by atomic mass is 10.0. The fourth-order valence-electron chi connectivity index (χ4n) is 2.75. The Labute approximate surface area is 158 Å². The first-order valence-corrected chi connectivity index (χ1v) is 13.2. The summed E-state index contributed by atoms with van der Waals surface area (Å²) in [6.45, 7) is 2.14. The van der Waals surface area contributed by atoms with Gasteiger partial charge in [0.2, 0.25) is 0 Å². The van der Waals surface area contributed by atoms with Gasteiger partial charge in [0.25, 0.3) is 5.59 Å². The van der Waals surface area contributed by atoms with E-state index in [1.165, 1.54) is 64.2 Å². The lowest BCUT2D eigenvalue weighted by Gasteiger charge is -2.18. The zero-order valence-electron chi connectivity index (χ0n) is 16.1. The van der Waals surface area contributed by atoms with E-state index >= 15 is 0 Å². The van der Waals surface area contributed by atoms with Crippen LogP contribution < -0.4 is 0 Å². The van der Waals surface area contributed by atoms with Crippen molar-refractivity contribution < 1.29 is 33.4 Å². The van der Waals surface area contributed by atoms with E-state index in [9.17, 15) is 14.0 Å². The van der Waals surface area contributed by atoms with Crippen LogP contribution in [0.1, 0.15) is 96.8 Å². The van der Waals surface area contributed by atoms with Gasteiger partial charge < -0.3 is 24.3 Å². The van der Waals surface area contributed by atoms with E-state index in [2.05, 4.69) is 11.4 Å². The van der Waals surface area contributed by atoms with Crippen molar-refractivity contribution in [2.75, 3.05) is 6.61 Å². The van der Waals surface area contributed by atoms with E-state index in [4.69, 9.17) is 14.9 Å². The summed E-state index contributed by atoms with van der Waals surface area (Å²) in [7, 11) is -9.75. The highest BCUT2D eigenvalue weighted by atomic mass is 31.2. The molecule has 0 heterocycles. The Bertz CT molecular complexity index is 425. The third kappa shape index (κ3) is 14.3. The van der Waals surface area contributed by atoms with Crippen LogP contribution in [-0.2, 0) is 13.7 Å². The molecule has 0 saturated heterocycles. The third-order valence-corrected chi connectivity index (χ3v) is 7.88. The Hall–Kier alpha value is 0.260. The van der Waals surface area contributed by atoms with Crippen molar-refractivity contribution >= 4 is 15.2 Å². The van der Waals surface area contributed by atoms with Crippen molar-refractivity contribution in [3.05, 3.63) is 0 Å². The van der Waals surface area contributed by atoms with Crippen molar-refractivity contribution in [1.29, 1.82) is 0 Å². The van der Waals surface area contributed by atoms with Crippen LogP contribution in [0.4, 0.5) is 0 Å². The van der Waals surface area contributed by atoms with Gasteiger partial charge in [-0.2, -0.15) is 0 Å². The summed E-state index contributed by atoms with van der Waals surface area (Å²) >= 11 is 0. The molecule has 0 saturated carbocycles. The van der Waals surface area contributed by atoms with Gasteiger partial charge in [-0.05, 0) is 6.42 Å². The van der Waals surface area contributed by atoms with Gasteiger partial charge in [0, 0.05) is 0 Å². The summed E-state index contributed by atoms with van der Waals surface area (Å²) in [5.41, 5.74) is -2.67. The summed E-state index contributed by atoms with van der Waals surface area (Å²) in [4.78, 5) is 26.7. The average molecular weight is 416 g/mol. The van der Waals surface area contributed by atoms with Crippen LogP contribution in [0.5, 0.6) is 0 Å². The molecular weight excluding hydrogens is 378 g/mol. The number of aliphatic hydroxyl groups is 1. The van der Waals surface area contributed by atoms with Crippen molar-refractivity contribution in [2.24, 2.45) is 0 Å². The predicted molar refractivity (Wildman–Crippen MR) is 104 cm³/mol. The van der Waals surface area contributed by atoms with E-state index in [-0.39, 0.29) is 6.61 Å². The number of hydrogen-bond acceptors (Lipinski definition) is 4. The Morgan fingerprint density at radius 3 is 1.38 bits per heavy atom. The largest absolute Gasteiger partial charge is 0.370 e. The Morgan fingerprint density at radius 2 is 1.04 bits per heavy atom. The van der Waals surface area contributed by atoms with E-state index in [0.717, 1.165) is 19.3 Å². The quantitative estimate of drug-likeness (QED) is 0.180. The van der Waals surface area contributed by atoms with Crippen LogP contribution in [0.2, 0.25) is 0 Å². The maximum absolute atomic E-state index is 11.5. The van der Waals surface area contributed by atoms with Gasteiger partial charge in [0.15, 0.2) is 0 Å². The number of aliphatic hydroxyl groups excluding tert-OH is 1. The highest BCUT2D eigenvalue weighted by Crippen LogP contribution is 2.61. The zero-order valence-corrected chi connectivity index (χ0v) is 17.9. The average Bonchev–Trinajstić information content (AvgIpc) is 2.56. The molecule has 0 spiro atoms. The molecule has 0 rings (SSSR count). The monoisotopic (exact) mass is 416 g/mol. The molecule has 2 unspecified atom stereocenters. The second-order valence-electron chi connectivity index (χ2n) is 6.93. The maximum atomic E-state index is 11.5. The van der Waals surface area contributed by atoms with Gasteiger partial charge >= 0.3 is 15.2 Å². The van der Waals surface area contributed by atoms with Gasteiger partial charge in [-0.1, -0.05) is 90.4 Å². The van der Waals surface area contributed by atoms with Crippen molar-refractivity contribution in [3.63, 3.8) is 0 Å². The Kier molecular flexibility index (Phi) is 15.4. The SMILES string of the molecule is CCCCCCCCCCCCCCCCOP(=O)(O)C(O)P(=O)(O)O. The summed E-state index contributed by atoms with van der Waals surface area (Å²) in [5, 5.41) is 9.13. The molecule has 158 valence electrons. The van der Waals surface area contributed by atoms with Gasteiger partial charge in [0.05, 0.1) is 6.61 Å². The van der Waals surface area contributed by atoms with E-state index < -0.39 is 20.8 Å². The first-order chi connectivity index (χ1) is 12.2. The minimum atomic E-state index is -5.05. The highest BCUT2D eigenvalue weighted by molar-refractivity contribution is 7.70. The standard InChI is InChI=1S/C17H38O7P2/c1-2-3-4-5-6-7-8-9-10-11-12-13-14-15-16-24-26(22,23)17(18)25(19,20)21/h17-18H,2-16H2,1H3,(H,22,23)(H2,19,20,21). The lowest BCUT2D eigenvalue weighted by molar-refractivity contribution is 0.186. The smallest absolute Gasteiger partial charge is 0.368 e. The summed E-state index contributed by atoms with van der Waals surface area (Å²) < 4.78 is 26.8. The molecule has 0 amide bonds. The lowest BCUT2D eigenvalue weighted by Crippen LogP contribution is -2.10. The second-order valence-corrected chi connectivity index (χ2v) is 10.9. The molecule has 0 aromatic heterocycles. The fraction of sp³-hybridized carbons (Fsp3) is 1.00. The summed E-state index contributed by atoms with van der Waals surface area (Å²) in [6, 6.07) is 0. The topological polar surface area (TPSA) is 124 Å². The molecule has 0 aliphatic rings. The molecule has 0 aliphatic heterocycles. The minimum absolute atomic E-state index is 0.0944. The Morgan fingerprint density at radius 1 is 0.692 bits per heavy atom. The van der Waals surface area contributed by atoms with Crippen LogP contribution in [0.3, 0.4) is 0 Å². The van der Waals surface area contributed by atoms with Gasteiger partial charge in [-0.25, -0.2) is 0 Å². The molecule has 0 aromatic carbocycles. The van der Waals surface area contributed by atoms with Crippen LogP contribution in [0.25, 0.3) is 0 Å². The molecule has 7 nitrogen and oxygen atoms in total. The number of unbranched alkanes of at least 4 members (excludes halogenated alkanes) is 13. The van der Waals surface area contributed by atoms with Crippen LogP contribution in [0, 0.1) is 0 Å². The van der Waals surface area contributed by atoms with Gasteiger partial charge in [-0.3, -0.25) is 9.13 Å². The fourth-order valence-corrected chi connectivity index (χ4v) is 4.99. The predicted octanol–water partition coefficient (Wildman–Crippen LogP) is 5.12. The molecule has 0 fully saturated rings. The molecule has 4 N–H and O–H groups in total. The molecule has 0 radical (unpaired) electrons. The van der Waals surface area contributed by atoms with Crippen molar-refractivity contribution in [2.45, 2.75) is 102 Å². The molecule has 26 heavy (non-hydrogen) atoms. The second kappa shape index (κ2) is 15.2. The third-order valence-electron chi connectivity index (χ3n) is 4.37. The van der Waals surface area contributed by atoms with E-state index in [1.54, 1.807) is 0 Å². The zero-order chi connectivity index (χ0) is 19.9. The van der Waals surface area contributed by atoms with Crippen molar-refractivity contribution in [1.82, 2.24) is 0 Å². The van der Waals surface area contributed by atoms with Crippen LogP contribution >= 0.6 is 15.2 Å². The maximum Gasteiger partial charge on any atom is 0.368 e. The van der Waals surface area contributed by atoms with Gasteiger partial charge in [0.1, 0.15) is 0 Å². The van der Waals surface area contributed by atoms with Gasteiger partial charge in [-0.15, -0.1) is 0 Å². The highest BCUT2D eigenvalue weighted by Gasteiger charge is 2.44. The van der Waals surface area contributed by atoms with Crippen LogP contribution in [0.15, 0.2) is 0 Å². The van der Waals surface area contributed by atoms with Crippen molar-refractivity contribution in [3.8, 4) is 0 Å². The first kappa shape index (κ1) is 26.3. The molecule has 0 bridgehead atoms.